The van der Waals surface area contributed by atoms with E-state index >= 15 is 0 Å². The number of rotatable bonds is 4. The fraction of sp³-hybridized carbons (Fsp3) is 0.350. The number of benzene rings is 2. The van der Waals surface area contributed by atoms with E-state index in [1.165, 1.54) is 0 Å². The number of hydrogen-bond donors (Lipinski definition) is 0. The Kier molecular flexibility index (Phi) is 5.29. The maximum absolute atomic E-state index is 12.1. The predicted molar refractivity (Wildman–Crippen MR) is 106 cm³/mol. The van der Waals surface area contributed by atoms with E-state index in [-0.39, 0.29) is 23.6 Å². The van der Waals surface area contributed by atoms with Gasteiger partial charge in [0, 0.05) is 4.47 Å². The van der Waals surface area contributed by atoms with Gasteiger partial charge in [-0.3, -0.25) is 4.79 Å². The Bertz CT molecular complexity index is 768. The second kappa shape index (κ2) is 7.18. The minimum Gasteiger partial charge on any atom is -0.426 e. The number of carbonyl (C=O) groups is 1. The van der Waals surface area contributed by atoms with Gasteiger partial charge in [-0.1, -0.05) is 40.2 Å². The van der Waals surface area contributed by atoms with Crippen molar-refractivity contribution in [3.8, 4) is 5.75 Å². The van der Waals surface area contributed by atoms with Crippen molar-refractivity contribution >= 4 is 34.5 Å². The van der Waals surface area contributed by atoms with Gasteiger partial charge in [-0.2, -0.15) is 0 Å². The van der Waals surface area contributed by atoms with Gasteiger partial charge < -0.3 is 14.0 Å². The summed E-state index contributed by atoms with van der Waals surface area (Å²) in [6.07, 6.45) is 0.208. The van der Waals surface area contributed by atoms with Gasteiger partial charge in [0.2, 0.25) is 0 Å². The number of carbonyl (C=O) groups excluding carboxylic acids is 1. The van der Waals surface area contributed by atoms with Crippen LogP contribution in [0.25, 0.3) is 0 Å². The fourth-order valence-electron chi connectivity index (χ4n) is 2.61. The van der Waals surface area contributed by atoms with Crippen molar-refractivity contribution in [1.82, 2.24) is 0 Å². The van der Waals surface area contributed by atoms with E-state index in [0.717, 1.165) is 15.5 Å². The van der Waals surface area contributed by atoms with Crippen molar-refractivity contribution in [2.24, 2.45) is 0 Å². The fourth-order valence-corrected chi connectivity index (χ4v) is 2.87. The molecule has 4 nitrogen and oxygen atoms in total. The van der Waals surface area contributed by atoms with Gasteiger partial charge in [0.25, 0.3) is 0 Å². The highest BCUT2D eigenvalue weighted by Gasteiger charge is 2.51. The molecule has 2 aromatic rings. The number of ether oxygens (including phenoxy) is 1. The number of hydrogen-bond acceptors (Lipinski definition) is 4. The molecule has 26 heavy (non-hydrogen) atoms. The molecule has 0 bridgehead atoms. The van der Waals surface area contributed by atoms with E-state index in [9.17, 15) is 4.79 Å². The molecule has 1 aliphatic rings. The van der Waals surface area contributed by atoms with Gasteiger partial charge in [-0.25, -0.2) is 0 Å². The first kappa shape index (κ1) is 19.1. The molecule has 6 heteroatoms. The zero-order valence-electron chi connectivity index (χ0n) is 15.4. The molecular formula is C20H22BBrO4. The number of esters is 1. The van der Waals surface area contributed by atoms with Crippen LogP contribution >= 0.6 is 15.9 Å². The van der Waals surface area contributed by atoms with Crippen LogP contribution in [0.4, 0.5) is 0 Å². The molecule has 0 amide bonds. The molecular weight excluding hydrogens is 395 g/mol. The van der Waals surface area contributed by atoms with Crippen LogP contribution in [-0.2, 0) is 20.5 Å². The van der Waals surface area contributed by atoms with Crippen LogP contribution in [0.3, 0.4) is 0 Å². The van der Waals surface area contributed by atoms with Crippen LogP contribution in [-0.4, -0.2) is 24.3 Å². The topological polar surface area (TPSA) is 44.8 Å². The quantitative estimate of drug-likeness (QED) is 0.430. The average molecular weight is 417 g/mol. The third-order valence-corrected chi connectivity index (χ3v) is 5.43. The molecule has 0 atom stereocenters. The van der Waals surface area contributed by atoms with Gasteiger partial charge in [-0.15, -0.1) is 0 Å². The Labute approximate surface area is 163 Å². The zero-order valence-corrected chi connectivity index (χ0v) is 17.0. The van der Waals surface area contributed by atoms with E-state index in [1.807, 2.05) is 64.1 Å². The zero-order chi connectivity index (χ0) is 18.9. The van der Waals surface area contributed by atoms with Gasteiger partial charge in [-0.05, 0) is 63.0 Å². The molecule has 2 aromatic carbocycles. The minimum absolute atomic E-state index is 0.208. The van der Waals surface area contributed by atoms with Crippen molar-refractivity contribution in [2.75, 3.05) is 0 Å². The Morgan fingerprint density at radius 1 is 0.962 bits per heavy atom. The lowest BCUT2D eigenvalue weighted by molar-refractivity contribution is -0.133. The van der Waals surface area contributed by atoms with Crippen molar-refractivity contribution in [3.05, 3.63) is 58.6 Å². The maximum atomic E-state index is 12.1. The second-order valence-electron chi connectivity index (χ2n) is 7.43. The highest BCUT2D eigenvalue weighted by atomic mass is 79.9. The molecule has 136 valence electrons. The highest BCUT2D eigenvalue weighted by Crippen LogP contribution is 2.36. The van der Waals surface area contributed by atoms with Crippen molar-refractivity contribution in [1.29, 1.82) is 0 Å². The molecule has 0 N–H and O–H groups in total. The summed E-state index contributed by atoms with van der Waals surface area (Å²) in [5, 5.41) is 0. The molecule has 0 spiro atoms. The number of halogens is 1. The second-order valence-corrected chi connectivity index (χ2v) is 8.35. The molecule has 1 aliphatic heterocycles. The van der Waals surface area contributed by atoms with Crippen LogP contribution in [0.15, 0.2) is 53.0 Å². The average Bonchev–Trinajstić information content (AvgIpc) is 2.78. The van der Waals surface area contributed by atoms with Crippen LogP contribution in [0.2, 0.25) is 0 Å². The molecule has 0 saturated carbocycles. The lowest BCUT2D eigenvalue weighted by Crippen LogP contribution is -2.41. The summed E-state index contributed by atoms with van der Waals surface area (Å²) in [5.74, 6) is 0.239. The van der Waals surface area contributed by atoms with E-state index < -0.39 is 7.12 Å². The molecule has 0 aliphatic carbocycles. The van der Waals surface area contributed by atoms with Gasteiger partial charge >= 0.3 is 13.1 Å². The summed E-state index contributed by atoms with van der Waals surface area (Å²) in [6, 6.07) is 14.9. The lowest BCUT2D eigenvalue weighted by Gasteiger charge is -2.32. The molecule has 0 unspecified atom stereocenters. The van der Waals surface area contributed by atoms with Crippen molar-refractivity contribution in [3.63, 3.8) is 0 Å². The Hall–Kier alpha value is -1.63. The van der Waals surface area contributed by atoms with Crippen LogP contribution < -0.4 is 10.2 Å². The maximum Gasteiger partial charge on any atom is 0.494 e. The van der Waals surface area contributed by atoms with E-state index in [2.05, 4.69) is 15.9 Å². The molecule has 1 saturated heterocycles. The van der Waals surface area contributed by atoms with Gasteiger partial charge in [0.15, 0.2) is 0 Å². The van der Waals surface area contributed by atoms with Crippen molar-refractivity contribution < 1.29 is 18.8 Å². The molecule has 3 rings (SSSR count). The highest BCUT2D eigenvalue weighted by molar-refractivity contribution is 9.10. The lowest BCUT2D eigenvalue weighted by atomic mass is 9.79. The van der Waals surface area contributed by atoms with Gasteiger partial charge in [0.1, 0.15) is 5.75 Å². The predicted octanol–water partition coefficient (Wildman–Crippen LogP) is 3.90. The smallest absolute Gasteiger partial charge is 0.426 e. The minimum atomic E-state index is -0.399. The summed E-state index contributed by atoms with van der Waals surface area (Å²) < 4.78 is 18.4. The first-order valence-corrected chi connectivity index (χ1v) is 9.36. The van der Waals surface area contributed by atoms with Crippen LogP contribution in [0.1, 0.15) is 33.3 Å². The molecule has 1 heterocycles. The first-order chi connectivity index (χ1) is 12.2. The van der Waals surface area contributed by atoms with E-state index in [1.54, 1.807) is 12.1 Å². The Morgan fingerprint density at radius 2 is 1.50 bits per heavy atom. The SMILES string of the molecule is CC1(C)OB(c2ccc(CC(=O)Oc3ccc(Br)cc3)cc2)OC1(C)C. The van der Waals surface area contributed by atoms with E-state index in [4.69, 9.17) is 14.0 Å². The summed E-state index contributed by atoms with van der Waals surface area (Å²) in [5.41, 5.74) is 1.08. The molecule has 1 fully saturated rings. The molecule has 0 radical (unpaired) electrons. The van der Waals surface area contributed by atoms with Crippen LogP contribution in [0, 0.1) is 0 Å². The Morgan fingerprint density at radius 3 is 2.04 bits per heavy atom. The summed E-state index contributed by atoms with van der Waals surface area (Å²) in [6.45, 7) is 8.11. The largest absolute Gasteiger partial charge is 0.494 e. The van der Waals surface area contributed by atoms with Crippen LogP contribution in [0.5, 0.6) is 5.75 Å². The third kappa shape index (κ3) is 4.19. The standard InChI is InChI=1S/C20H22BBrO4/c1-19(2)20(3,4)26-21(25-19)15-7-5-14(6-8-15)13-18(23)24-17-11-9-16(22)10-12-17/h5-12H,13H2,1-4H3. The monoisotopic (exact) mass is 416 g/mol. The Balaban J connectivity index is 1.61. The van der Waals surface area contributed by atoms with Crippen molar-refractivity contribution in [2.45, 2.75) is 45.3 Å². The third-order valence-electron chi connectivity index (χ3n) is 4.90. The normalized spacial score (nSPS) is 18.0. The van der Waals surface area contributed by atoms with Gasteiger partial charge in [0.05, 0.1) is 17.6 Å². The summed E-state index contributed by atoms with van der Waals surface area (Å²) in [7, 11) is -0.399. The van der Waals surface area contributed by atoms with E-state index in [0.29, 0.717) is 5.75 Å². The molecule has 0 aromatic heterocycles. The summed E-state index contributed by atoms with van der Waals surface area (Å²) >= 11 is 3.35. The first-order valence-electron chi connectivity index (χ1n) is 8.57. The summed E-state index contributed by atoms with van der Waals surface area (Å²) in [4.78, 5) is 12.1.